The molecule has 2 amide bonds. The Kier molecular flexibility index (Phi) is 6.77. The maximum Gasteiger partial charge on any atom is 0.254 e. The molecular formula is C30H31FN2O3. The predicted octanol–water partition coefficient (Wildman–Crippen LogP) is 6.39. The molecule has 0 radical (unpaired) electrons. The number of rotatable bonds is 5. The second kappa shape index (κ2) is 10.1. The van der Waals surface area contributed by atoms with E-state index in [0.717, 1.165) is 37.7 Å². The standard InChI is InChI=1S/C30H31FN2O3/c1-19-12-15-21(18-26(19)31)32-29(34)27-24-10-6-7-11-25(24)30(35)33(22-8-4-3-5-9-22)28(27)20-13-16-23(36-2)17-14-20/h6-7,10-18,22,27-28H,3-5,8-9H2,1-2H3,(H,32,34)/t27-,28-/m0/s1. The van der Waals surface area contributed by atoms with Crippen LogP contribution in [0.2, 0.25) is 0 Å². The fraction of sp³-hybridized carbons (Fsp3) is 0.333. The third-order valence-corrected chi connectivity index (χ3v) is 7.52. The number of fused-ring (bicyclic) bond motifs is 1. The number of anilines is 1. The summed E-state index contributed by atoms with van der Waals surface area (Å²) in [4.78, 5) is 29.9. The van der Waals surface area contributed by atoms with Crippen molar-refractivity contribution in [1.29, 1.82) is 0 Å². The summed E-state index contributed by atoms with van der Waals surface area (Å²) < 4.78 is 19.6. The van der Waals surface area contributed by atoms with Crippen LogP contribution in [0, 0.1) is 12.7 Å². The Balaban J connectivity index is 1.63. The monoisotopic (exact) mass is 486 g/mol. The number of amides is 2. The molecule has 0 spiro atoms. The first-order valence-corrected chi connectivity index (χ1v) is 12.6. The maximum atomic E-state index is 14.3. The van der Waals surface area contributed by atoms with Crippen LogP contribution in [0.15, 0.2) is 66.7 Å². The van der Waals surface area contributed by atoms with E-state index >= 15 is 0 Å². The third-order valence-electron chi connectivity index (χ3n) is 7.52. The average Bonchev–Trinajstić information content (AvgIpc) is 2.91. The number of carbonyl (C=O) groups excluding carboxylic acids is 2. The highest BCUT2D eigenvalue weighted by Gasteiger charge is 2.46. The zero-order valence-electron chi connectivity index (χ0n) is 20.7. The van der Waals surface area contributed by atoms with E-state index in [-0.39, 0.29) is 23.7 Å². The van der Waals surface area contributed by atoms with Crippen molar-refractivity contribution in [3.8, 4) is 5.75 Å². The lowest BCUT2D eigenvalue weighted by molar-refractivity contribution is -0.119. The summed E-state index contributed by atoms with van der Waals surface area (Å²) in [5.41, 5.74) is 3.04. The zero-order chi connectivity index (χ0) is 25.2. The van der Waals surface area contributed by atoms with Gasteiger partial charge in [0.1, 0.15) is 11.6 Å². The van der Waals surface area contributed by atoms with Gasteiger partial charge in [-0.2, -0.15) is 0 Å². The zero-order valence-corrected chi connectivity index (χ0v) is 20.7. The largest absolute Gasteiger partial charge is 0.497 e. The Morgan fingerprint density at radius 2 is 1.72 bits per heavy atom. The molecule has 5 nitrogen and oxygen atoms in total. The number of ether oxygens (including phenoxy) is 1. The maximum absolute atomic E-state index is 14.3. The summed E-state index contributed by atoms with van der Waals surface area (Å²) in [7, 11) is 1.61. The molecule has 1 fully saturated rings. The van der Waals surface area contributed by atoms with E-state index in [1.807, 2.05) is 53.4 Å². The molecule has 186 valence electrons. The van der Waals surface area contributed by atoms with Crippen LogP contribution in [-0.4, -0.2) is 29.9 Å². The minimum atomic E-state index is -0.654. The fourth-order valence-electron chi connectivity index (χ4n) is 5.64. The van der Waals surface area contributed by atoms with Gasteiger partial charge in [0.25, 0.3) is 5.91 Å². The van der Waals surface area contributed by atoms with Gasteiger partial charge in [-0.1, -0.05) is 55.7 Å². The molecule has 3 aromatic carbocycles. The highest BCUT2D eigenvalue weighted by atomic mass is 19.1. The second-order valence-electron chi connectivity index (χ2n) is 9.74. The van der Waals surface area contributed by atoms with E-state index in [1.54, 1.807) is 26.2 Å². The molecule has 2 aliphatic rings. The van der Waals surface area contributed by atoms with E-state index in [9.17, 15) is 14.0 Å². The van der Waals surface area contributed by atoms with Gasteiger partial charge in [-0.25, -0.2) is 4.39 Å². The summed E-state index contributed by atoms with van der Waals surface area (Å²) in [5.74, 6) is -0.619. The Hall–Kier alpha value is -3.67. The van der Waals surface area contributed by atoms with Gasteiger partial charge in [-0.05, 0) is 66.8 Å². The quantitative estimate of drug-likeness (QED) is 0.454. The van der Waals surface area contributed by atoms with Crippen LogP contribution in [0.4, 0.5) is 10.1 Å². The van der Waals surface area contributed by atoms with E-state index in [2.05, 4.69) is 5.32 Å². The molecule has 36 heavy (non-hydrogen) atoms. The van der Waals surface area contributed by atoms with Crippen molar-refractivity contribution in [3.63, 3.8) is 0 Å². The molecule has 0 aromatic heterocycles. The first-order chi connectivity index (χ1) is 17.5. The smallest absolute Gasteiger partial charge is 0.254 e. The summed E-state index contributed by atoms with van der Waals surface area (Å²) in [6.07, 6.45) is 5.11. The number of nitrogens with one attached hydrogen (secondary N) is 1. The van der Waals surface area contributed by atoms with E-state index in [1.165, 1.54) is 6.07 Å². The number of hydrogen-bond acceptors (Lipinski definition) is 3. The third kappa shape index (κ3) is 4.48. The number of benzene rings is 3. The van der Waals surface area contributed by atoms with Gasteiger partial charge in [0.05, 0.1) is 19.1 Å². The molecule has 0 bridgehead atoms. The van der Waals surface area contributed by atoms with E-state index in [0.29, 0.717) is 28.1 Å². The lowest BCUT2D eigenvalue weighted by atomic mass is 9.77. The van der Waals surface area contributed by atoms with E-state index in [4.69, 9.17) is 4.74 Å². The summed E-state index contributed by atoms with van der Waals surface area (Å²) in [6, 6.07) is 19.2. The molecule has 0 unspecified atom stereocenters. The van der Waals surface area contributed by atoms with Gasteiger partial charge in [0.15, 0.2) is 0 Å². The summed E-state index contributed by atoms with van der Waals surface area (Å²) in [6.45, 7) is 1.69. The van der Waals surface area contributed by atoms with Crippen molar-refractivity contribution in [2.24, 2.45) is 0 Å². The molecule has 1 aliphatic heterocycles. The Morgan fingerprint density at radius 1 is 1.00 bits per heavy atom. The van der Waals surface area contributed by atoms with Crippen LogP contribution in [-0.2, 0) is 4.79 Å². The van der Waals surface area contributed by atoms with Gasteiger partial charge in [0.2, 0.25) is 5.91 Å². The van der Waals surface area contributed by atoms with Crippen LogP contribution in [0.5, 0.6) is 5.75 Å². The minimum Gasteiger partial charge on any atom is -0.497 e. The highest BCUT2D eigenvalue weighted by molar-refractivity contribution is 6.04. The van der Waals surface area contributed by atoms with Gasteiger partial charge in [-0.3, -0.25) is 9.59 Å². The molecule has 1 heterocycles. The summed E-state index contributed by atoms with van der Waals surface area (Å²) >= 11 is 0. The topological polar surface area (TPSA) is 58.6 Å². The lowest BCUT2D eigenvalue weighted by Gasteiger charge is -2.46. The second-order valence-corrected chi connectivity index (χ2v) is 9.74. The average molecular weight is 487 g/mol. The minimum absolute atomic E-state index is 0.0382. The lowest BCUT2D eigenvalue weighted by Crippen LogP contribution is -2.51. The number of aryl methyl sites for hydroxylation is 1. The van der Waals surface area contributed by atoms with Gasteiger partial charge in [0, 0.05) is 17.3 Å². The van der Waals surface area contributed by atoms with Crippen molar-refractivity contribution in [1.82, 2.24) is 4.90 Å². The molecule has 3 aromatic rings. The fourth-order valence-corrected chi connectivity index (χ4v) is 5.64. The van der Waals surface area contributed by atoms with Crippen molar-refractivity contribution in [2.75, 3.05) is 12.4 Å². The Bertz CT molecular complexity index is 1270. The van der Waals surface area contributed by atoms with Crippen LogP contribution >= 0.6 is 0 Å². The van der Waals surface area contributed by atoms with Crippen LogP contribution in [0.3, 0.4) is 0 Å². The Labute approximate surface area is 211 Å². The Morgan fingerprint density at radius 3 is 2.42 bits per heavy atom. The molecule has 5 rings (SSSR count). The first kappa shape index (κ1) is 24.0. The molecule has 1 aliphatic carbocycles. The van der Waals surface area contributed by atoms with Crippen molar-refractivity contribution in [2.45, 2.75) is 57.0 Å². The van der Waals surface area contributed by atoms with Gasteiger partial charge < -0.3 is 15.0 Å². The van der Waals surface area contributed by atoms with Crippen LogP contribution < -0.4 is 10.1 Å². The van der Waals surface area contributed by atoms with Crippen molar-refractivity contribution >= 4 is 17.5 Å². The van der Waals surface area contributed by atoms with Crippen molar-refractivity contribution in [3.05, 3.63) is 94.8 Å². The van der Waals surface area contributed by atoms with E-state index < -0.39 is 12.0 Å². The normalized spacial score (nSPS) is 20.1. The number of halogens is 1. The molecule has 1 N–H and O–H groups in total. The first-order valence-electron chi connectivity index (χ1n) is 12.6. The number of carbonyl (C=O) groups is 2. The SMILES string of the molecule is COc1ccc([C@H]2[C@@H](C(=O)Nc3ccc(C)c(F)c3)c3ccccc3C(=O)N2C2CCCCC2)cc1. The molecule has 1 saturated carbocycles. The highest BCUT2D eigenvalue weighted by Crippen LogP contribution is 2.46. The number of hydrogen-bond donors (Lipinski definition) is 1. The molecule has 6 heteroatoms. The van der Waals surface area contributed by atoms with Crippen LogP contribution in [0.25, 0.3) is 0 Å². The molecule has 2 atom stereocenters. The predicted molar refractivity (Wildman–Crippen MR) is 138 cm³/mol. The van der Waals surface area contributed by atoms with Crippen molar-refractivity contribution < 1.29 is 18.7 Å². The van der Waals surface area contributed by atoms with Crippen LogP contribution in [0.1, 0.15) is 71.1 Å². The number of nitrogens with zero attached hydrogens (tertiary/aromatic N) is 1. The van der Waals surface area contributed by atoms with Gasteiger partial charge in [-0.15, -0.1) is 0 Å². The summed E-state index contributed by atoms with van der Waals surface area (Å²) in [5, 5.41) is 2.94. The molecular weight excluding hydrogens is 455 g/mol. The molecule has 0 saturated heterocycles. The van der Waals surface area contributed by atoms with Gasteiger partial charge >= 0.3 is 0 Å². The number of methoxy groups -OCH3 is 1.